The van der Waals surface area contributed by atoms with E-state index < -0.39 is 13.8 Å². The third-order valence-electron chi connectivity index (χ3n) is 3.21. The van der Waals surface area contributed by atoms with Crippen LogP contribution in [0.15, 0.2) is 11.8 Å². The molecule has 0 atom stereocenters. The molecule has 0 amide bonds. The SMILES string of the molecule is COP(=O)(OC)O/C(C)=C\C(=O)OCC1CCCCC1. The number of carbonyl (C=O) groups is 1. The number of hydrogen-bond acceptors (Lipinski definition) is 6. The van der Waals surface area contributed by atoms with Gasteiger partial charge in [-0.3, -0.25) is 9.05 Å². The van der Waals surface area contributed by atoms with Crippen LogP contribution in [-0.2, 0) is 27.7 Å². The summed E-state index contributed by atoms with van der Waals surface area (Å²) in [7, 11) is -1.20. The molecule has 7 heteroatoms. The summed E-state index contributed by atoms with van der Waals surface area (Å²) in [6, 6.07) is 0. The van der Waals surface area contributed by atoms with Gasteiger partial charge in [0.25, 0.3) is 0 Å². The Morgan fingerprint density at radius 3 is 2.35 bits per heavy atom. The number of carbonyl (C=O) groups excluding carboxylic acids is 1. The summed E-state index contributed by atoms with van der Waals surface area (Å²) < 4.78 is 31.1. The van der Waals surface area contributed by atoms with Gasteiger partial charge in [-0.25, -0.2) is 9.36 Å². The van der Waals surface area contributed by atoms with Crippen molar-refractivity contribution in [2.45, 2.75) is 39.0 Å². The molecule has 0 spiro atoms. The van der Waals surface area contributed by atoms with Crippen LogP contribution >= 0.6 is 7.82 Å². The predicted octanol–water partition coefficient (Wildman–Crippen LogP) is 3.43. The van der Waals surface area contributed by atoms with Gasteiger partial charge in [0.2, 0.25) is 0 Å². The van der Waals surface area contributed by atoms with E-state index in [0.717, 1.165) is 18.9 Å². The standard InChI is InChI=1S/C13H23O6P/c1-11(19-20(15,16-2)17-3)9-13(14)18-10-12-7-5-4-6-8-12/h9,12H,4-8,10H2,1-3H3/b11-9-. The van der Waals surface area contributed by atoms with Gasteiger partial charge in [-0.1, -0.05) is 19.3 Å². The molecule has 1 fully saturated rings. The summed E-state index contributed by atoms with van der Waals surface area (Å²) in [5.74, 6) is 0.0730. The average molecular weight is 306 g/mol. The maximum Gasteiger partial charge on any atom is 0.529 e. The minimum absolute atomic E-state index is 0.130. The molecule has 0 N–H and O–H groups in total. The number of allylic oxidation sites excluding steroid dienone is 1. The zero-order chi connectivity index (χ0) is 15.0. The summed E-state index contributed by atoms with van der Waals surface area (Å²) >= 11 is 0. The molecule has 0 aliphatic heterocycles. The topological polar surface area (TPSA) is 71.1 Å². The van der Waals surface area contributed by atoms with Crippen LogP contribution in [-0.4, -0.2) is 26.8 Å². The fourth-order valence-corrected chi connectivity index (χ4v) is 2.82. The number of phosphoric ester groups is 1. The minimum Gasteiger partial charge on any atom is -0.462 e. The first-order valence-corrected chi connectivity index (χ1v) is 8.21. The van der Waals surface area contributed by atoms with Gasteiger partial charge in [-0.2, -0.15) is 0 Å². The number of rotatable bonds is 7. The number of esters is 1. The van der Waals surface area contributed by atoms with E-state index >= 15 is 0 Å². The van der Waals surface area contributed by atoms with E-state index in [4.69, 9.17) is 9.26 Å². The molecule has 0 aromatic heterocycles. The average Bonchev–Trinajstić information content (AvgIpc) is 2.46. The van der Waals surface area contributed by atoms with Crippen molar-refractivity contribution < 1.29 is 27.7 Å². The highest BCUT2D eigenvalue weighted by molar-refractivity contribution is 7.48. The van der Waals surface area contributed by atoms with Crippen LogP contribution in [0.3, 0.4) is 0 Å². The smallest absolute Gasteiger partial charge is 0.462 e. The van der Waals surface area contributed by atoms with Crippen molar-refractivity contribution in [1.82, 2.24) is 0 Å². The lowest BCUT2D eigenvalue weighted by Gasteiger charge is -2.20. The third-order valence-corrected chi connectivity index (χ3v) is 4.62. The second kappa shape index (κ2) is 8.45. The molecule has 0 aromatic carbocycles. The van der Waals surface area contributed by atoms with Crippen LogP contribution in [0.5, 0.6) is 0 Å². The van der Waals surface area contributed by atoms with Crippen LogP contribution in [0.2, 0.25) is 0 Å². The van der Waals surface area contributed by atoms with Gasteiger partial charge in [0.05, 0.1) is 12.7 Å². The molecule has 1 aliphatic carbocycles. The fraction of sp³-hybridized carbons (Fsp3) is 0.769. The molecule has 0 heterocycles. The van der Waals surface area contributed by atoms with E-state index in [1.807, 2.05) is 0 Å². The number of phosphoric acid groups is 1. The quantitative estimate of drug-likeness (QED) is 0.310. The van der Waals surface area contributed by atoms with Gasteiger partial charge in [0, 0.05) is 14.2 Å². The van der Waals surface area contributed by atoms with Gasteiger partial charge in [-0.15, -0.1) is 0 Å². The van der Waals surface area contributed by atoms with Crippen LogP contribution in [0.1, 0.15) is 39.0 Å². The second-order valence-corrected chi connectivity index (χ2v) is 6.60. The van der Waals surface area contributed by atoms with Crippen molar-refractivity contribution in [1.29, 1.82) is 0 Å². The Kier molecular flexibility index (Phi) is 7.27. The van der Waals surface area contributed by atoms with Crippen LogP contribution in [0.4, 0.5) is 0 Å². The summed E-state index contributed by atoms with van der Waals surface area (Å²) in [5.41, 5.74) is 0. The maximum atomic E-state index is 11.7. The Morgan fingerprint density at radius 2 is 1.80 bits per heavy atom. The highest BCUT2D eigenvalue weighted by Crippen LogP contribution is 2.49. The summed E-state index contributed by atoms with van der Waals surface area (Å²) in [5, 5.41) is 0. The van der Waals surface area contributed by atoms with Crippen molar-refractivity contribution in [2.75, 3.05) is 20.8 Å². The Labute approximate surface area is 120 Å². The molecule has 20 heavy (non-hydrogen) atoms. The predicted molar refractivity (Wildman–Crippen MR) is 74.0 cm³/mol. The molecular formula is C13H23O6P. The molecular weight excluding hydrogens is 283 g/mol. The first kappa shape index (κ1) is 17.2. The molecule has 1 aliphatic rings. The molecule has 1 saturated carbocycles. The molecule has 6 nitrogen and oxygen atoms in total. The first-order chi connectivity index (χ1) is 9.49. The van der Waals surface area contributed by atoms with Crippen LogP contribution < -0.4 is 0 Å². The Bertz CT molecular complexity index is 378. The summed E-state index contributed by atoms with van der Waals surface area (Å²) in [6.45, 7) is 1.92. The third kappa shape index (κ3) is 6.07. The zero-order valence-corrected chi connectivity index (χ0v) is 13.2. The van der Waals surface area contributed by atoms with Crippen molar-refractivity contribution in [3.8, 4) is 0 Å². The number of hydrogen-bond donors (Lipinski definition) is 0. The van der Waals surface area contributed by atoms with E-state index in [-0.39, 0.29) is 5.76 Å². The van der Waals surface area contributed by atoms with Crippen molar-refractivity contribution in [3.05, 3.63) is 11.8 Å². The first-order valence-electron chi connectivity index (χ1n) is 6.75. The molecule has 0 aromatic rings. The molecule has 0 unspecified atom stereocenters. The Morgan fingerprint density at radius 1 is 1.20 bits per heavy atom. The van der Waals surface area contributed by atoms with E-state index in [2.05, 4.69) is 9.05 Å². The summed E-state index contributed by atoms with van der Waals surface area (Å²) in [4.78, 5) is 11.6. The van der Waals surface area contributed by atoms with Gasteiger partial charge < -0.3 is 9.26 Å². The van der Waals surface area contributed by atoms with Crippen LogP contribution in [0.25, 0.3) is 0 Å². The summed E-state index contributed by atoms with van der Waals surface area (Å²) in [6.07, 6.45) is 7.02. The number of ether oxygens (including phenoxy) is 1. The van der Waals surface area contributed by atoms with E-state index in [0.29, 0.717) is 12.5 Å². The van der Waals surface area contributed by atoms with Gasteiger partial charge in [0.1, 0.15) is 5.76 Å². The van der Waals surface area contributed by atoms with Crippen LogP contribution in [0, 0.1) is 5.92 Å². The lowest BCUT2D eigenvalue weighted by atomic mass is 9.90. The fourth-order valence-electron chi connectivity index (χ4n) is 2.11. The van der Waals surface area contributed by atoms with E-state index in [9.17, 15) is 9.36 Å². The lowest BCUT2D eigenvalue weighted by molar-refractivity contribution is -0.139. The zero-order valence-electron chi connectivity index (χ0n) is 12.3. The van der Waals surface area contributed by atoms with Crippen molar-refractivity contribution in [3.63, 3.8) is 0 Å². The molecule has 116 valence electrons. The molecule has 0 saturated heterocycles. The largest absolute Gasteiger partial charge is 0.529 e. The lowest BCUT2D eigenvalue weighted by Crippen LogP contribution is -2.15. The Balaban J connectivity index is 2.39. The van der Waals surface area contributed by atoms with Gasteiger partial charge in [-0.05, 0) is 25.7 Å². The second-order valence-electron chi connectivity index (χ2n) is 4.79. The van der Waals surface area contributed by atoms with E-state index in [1.54, 1.807) is 0 Å². The Hall–Kier alpha value is -0.840. The normalized spacial score (nSPS) is 17.9. The van der Waals surface area contributed by atoms with Gasteiger partial charge in [0.15, 0.2) is 0 Å². The van der Waals surface area contributed by atoms with Crippen molar-refractivity contribution >= 4 is 13.8 Å². The van der Waals surface area contributed by atoms with Crippen molar-refractivity contribution in [2.24, 2.45) is 5.92 Å². The van der Waals surface area contributed by atoms with E-state index in [1.165, 1.54) is 40.4 Å². The minimum atomic E-state index is -3.61. The maximum absolute atomic E-state index is 11.7. The van der Waals surface area contributed by atoms with Gasteiger partial charge >= 0.3 is 13.8 Å². The highest BCUT2D eigenvalue weighted by Gasteiger charge is 2.24. The monoisotopic (exact) mass is 306 g/mol. The molecule has 0 radical (unpaired) electrons. The highest BCUT2D eigenvalue weighted by atomic mass is 31.2. The molecule has 1 rings (SSSR count). The molecule has 0 bridgehead atoms.